The van der Waals surface area contributed by atoms with Crippen molar-refractivity contribution in [1.29, 1.82) is 0 Å². The van der Waals surface area contributed by atoms with Gasteiger partial charge in [0.1, 0.15) is 0 Å². The molecule has 2 N–H and O–H groups in total. The lowest BCUT2D eigenvalue weighted by molar-refractivity contribution is 0.174. The number of piperidine rings is 1. The maximum absolute atomic E-state index is 12.1. The summed E-state index contributed by atoms with van der Waals surface area (Å²) in [6.45, 7) is 6.93. The van der Waals surface area contributed by atoms with Crippen molar-refractivity contribution >= 4 is 6.03 Å². The highest BCUT2D eigenvalue weighted by Gasteiger charge is 2.16. The molecule has 0 atom stereocenters. The molecule has 29 heavy (non-hydrogen) atoms. The van der Waals surface area contributed by atoms with E-state index >= 15 is 0 Å². The fourth-order valence-electron chi connectivity index (χ4n) is 3.72. The van der Waals surface area contributed by atoms with Crippen LogP contribution in [0, 0.1) is 5.92 Å². The smallest absolute Gasteiger partial charge is 0.315 e. The van der Waals surface area contributed by atoms with Crippen molar-refractivity contribution in [2.24, 2.45) is 5.92 Å². The summed E-state index contributed by atoms with van der Waals surface area (Å²) in [7, 11) is 0. The molecule has 0 radical (unpaired) electrons. The van der Waals surface area contributed by atoms with Crippen LogP contribution in [-0.2, 0) is 19.6 Å². The Balaban J connectivity index is 1.19. The minimum Gasteiger partial charge on any atom is -0.454 e. The van der Waals surface area contributed by atoms with Crippen molar-refractivity contribution in [1.82, 2.24) is 15.5 Å². The molecule has 0 aliphatic carbocycles. The SMILES string of the molecule is CC1CCN(Cc2ccc(CNC(=O)NCc3ccc4c(c3)OCO4)cc2)CC1. The number of carbonyl (C=O) groups excluding carboxylic acids is 1. The van der Waals surface area contributed by atoms with E-state index in [9.17, 15) is 4.79 Å². The first kappa shape index (κ1) is 19.6. The summed E-state index contributed by atoms with van der Waals surface area (Å²) in [4.78, 5) is 14.6. The van der Waals surface area contributed by atoms with Crippen LogP contribution in [0.1, 0.15) is 36.5 Å². The minimum absolute atomic E-state index is 0.186. The van der Waals surface area contributed by atoms with Crippen molar-refractivity contribution in [2.75, 3.05) is 19.9 Å². The van der Waals surface area contributed by atoms with Crippen LogP contribution in [0.4, 0.5) is 4.79 Å². The van der Waals surface area contributed by atoms with Gasteiger partial charge in [-0.15, -0.1) is 0 Å². The summed E-state index contributed by atoms with van der Waals surface area (Å²) in [5, 5.41) is 5.79. The first-order chi connectivity index (χ1) is 14.2. The number of likely N-dealkylation sites (tertiary alicyclic amines) is 1. The molecule has 2 aromatic rings. The Hall–Kier alpha value is -2.73. The van der Waals surface area contributed by atoms with E-state index in [0.29, 0.717) is 13.1 Å². The number of nitrogens with zero attached hydrogens (tertiary/aromatic N) is 1. The van der Waals surface area contributed by atoms with Gasteiger partial charge >= 0.3 is 6.03 Å². The van der Waals surface area contributed by atoms with Gasteiger partial charge in [-0.25, -0.2) is 4.79 Å². The fraction of sp³-hybridized carbons (Fsp3) is 0.435. The predicted octanol–water partition coefficient (Wildman–Crippen LogP) is 3.65. The number of benzene rings is 2. The average molecular weight is 396 g/mol. The normalized spacial score (nSPS) is 16.6. The van der Waals surface area contributed by atoms with Crippen molar-refractivity contribution in [3.8, 4) is 11.5 Å². The standard InChI is InChI=1S/C23H29N3O3/c1-17-8-10-26(11-9-17)15-19-4-2-18(3-5-19)13-24-23(27)25-14-20-6-7-21-22(12-20)29-16-28-21/h2-7,12,17H,8-11,13-16H2,1H3,(H2,24,25,27). The second kappa shape index (κ2) is 9.18. The number of nitrogens with one attached hydrogen (secondary N) is 2. The van der Waals surface area contributed by atoms with E-state index < -0.39 is 0 Å². The lowest BCUT2D eigenvalue weighted by Crippen LogP contribution is -2.34. The molecule has 154 valence electrons. The van der Waals surface area contributed by atoms with Gasteiger partial charge in [-0.05, 0) is 60.7 Å². The van der Waals surface area contributed by atoms with Gasteiger partial charge in [0.15, 0.2) is 11.5 Å². The van der Waals surface area contributed by atoms with Gasteiger partial charge in [0.05, 0.1) is 0 Å². The van der Waals surface area contributed by atoms with Crippen LogP contribution in [0.2, 0.25) is 0 Å². The third-order valence-corrected chi connectivity index (χ3v) is 5.65. The molecule has 0 bridgehead atoms. The van der Waals surface area contributed by atoms with Gasteiger partial charge in [-0.3, -0.25) is 4.90 Å². The third kappa shape index (κ3) is 5.41. The van der Waals surface area contributed by atoms with E-state index in [-0.39, 0.29) is 12.8 Å². The van der Waals surface area contributed by atoms with E-state index in [1.807, 2.05) is 18.2 Å². The average Bonchev–Trinajstić information content (AvgIpc) is 3.21. The summed E-state index contributed by atoms with van der Waals surface area (Å²) in [6.07, 6.45) is 2.59. The molecule has 2 amide bonds. The molecule has 0 aromatic heterocycles. The molecule has 1 fully saturated rings. The number of carbonyl (C=O) groups is 1. The Bertz CT molecular complexity index is 830. The molecule has 6 heteroatoms. The minimum atomic E-state index is -0.186. The molecule has 0 unspecified atom stereocenters. The largest absolute Gasteiger partial charge is 0.454 e. The number of hydrogen-bond acceptors (Lipinski definition) is 4. The van der Waals surface area contributed by atoms with Gasteiger partial charge in [-0.2, -0.15) is 0 Å². The highest BCUT2D eigenvalue weighted by Crippen LogP contribution is 2.32. The second-order valence-electron chi connectivity index (χ2n) is 8.00. The van der Waals surface area contributed by atoms with E-state index in [2.05, 4.69) is 46.7 Å². The number of fused-ring (bicyclic) bond motifs is 1. The number of ether oxygens (including phenoxy) is 2. The third-order valence-electron chi connectivity index (χ3n) is 5.65. The predicted molar refractivity (Wildman–Crippen MR) is 112 cm³/mol. The van der Waals surface area contributed by atoms with E-state index in [0.717, 1.165) is 35.1 Å². The van der Waals surface area contributed by atoms with Crippen LogP contribution in [0.15, 0.2) is 42.5 Å². The van der Waals surface area contributed by atoms with Crippen LogP contribution < -0.4 is 20.1 Å². The molecular weight excluding hydrogens is 366 g/mol. The molecule has 0 saturated carbocycles. The van der Waals surface area contributed by atoms with Crippen LogP contribution >= 0.6 is 0 Å². The van der Waals surface area contributed by atoms with Crippen molar-refractivity contribution in [2.45, 2.75) is 39.4 Å². The zero-order chi connectivity index (χ0) is 20.1. The van der Waals surface area contributed by atoms with Crippen molar-refractivity contribution in [3.63, 3.8) is 0 Å². The molecule has 2 heterocycles. The van der Waals surface area contributed by atoms with E-state index in [1.54, 1.807) is 0 Å². The van der Waals surface area contributed by atoms with E-state index in [4.69, 9.17) is 9.47 Å². The lowest BCUT2D eigenvalue weighted by atomic mass is 9.99. The highest BCUT2D eigenvalue weighted by atomic mass is 16.7. The van der Waals surface area contributed by atoms with Gasteiger partial charge < -0.3 is 20.1 Å². The summed E-state index contributed by atoms with van der Waals surface area (Å²) in [6, 6.07) is 14.0. The van der Waals surface area contributed by atoms with E-state index in [1.165, 1.54) is 31.5 Å². The maximum atomic E-state index is 12.1. The summed E-state index contributed by atoms with van der Waals surface area (Å²) >= 11 is 0. The van der Waals surface area contributed by atoms with Crippen LogP contribution in [0.3, 0.4) is 0 Å². The summed E-state index contributed by atoms with van der Waals surface area (Å²) in [5.74, 6) is 2.33. The van der Waals surface area contributed by atoms with Crippen LogP contribution in [0.25, 0.3) is 0 Å². The zero-order valence-corrected chi connectivity index (χ0v) is 16.9. The Labute approximate surface area is 172 Å². The summed E-state index contributed by atoms with van der Waals surface area (Å²) < 4.78 is 10.7. The van der Waals surface area contributed by atoms with Crippen molar-refractivity contribution < 1.29 is 14.3 Å². The van der Waals surface area contributed by atoms with Crippen molar-refractivity contribution in [3.05, 3.63) is 59.2 Å². The summed E-state index contributed by atoms with van der Waals surface area (Å²) in [5.41, 5.74) is 3.40. The number of hydrogen-bond donors (Lipinski definition) is 2. The second-order valence-corrected chi connectivity index (χ2v) is 8.00. The number of urea groups is 1. The van der Waals surface area contributed by atoms with Gasteiger partial charge in [-0.1, -0.05) is 37.3 Å². The number of amides is 2. The van der Waals surface area contributed by atoms with Gasteiger partial charge in [0.2, 0.25) is 6.79 Å². The Morgan fingerprint density at radius 3 is 2.31 bits per heavy atom. The quantitative estimate of drug-likeness (QED) is 0.784. The van der Waals surface area contributed by atoms with Crippen LogP contribution in [0.5, 0.6) is 11.5 Å². The zero-order valence-electron chi connectivity index (χ0n) is 16.9. The van der Waals surface area contributed by atoms with Gasteiger partial charge in [0.25, 0.3) is 0 Å². The molecule has 2 aliphatic rings. The molecular formula is C23H29N3O3. The molecule has 4 rings (SSSR count). The van der Waals surface area contributed by atoms with Crippen LogP contribution in [-0.4, -0.2) is 30.8 Å². The Kier molecular flexibility index (Phi) is 6.20. The maximum Gasteiger partial charge on any atom is 0.315 e. The molecule has 0 spiro atoms. The molecule has 1 saturated heterocycles. The molecule has 2 aromatic carbocycles. The Morgan fingerprint density at radius 2 is 1.55 bits per heavy atom. The topological polar surface area (TPSA) is 62.8 Å². The fourth-order valence-corrected chi connectivity index (χ4v) is 3.72. The molecule has 2 aliphatic heterocycles. The highest BCUT2D eigenvalue weighted by molar-refractivity contribution is 5.73. The monoisotopic (exact) mass is 395 g/mol. The Morgan fingerprint density at radius 1 is 0.931 bits per heavy atom. The molecule has 6 nitrogen and oxygen atoms in total. The first-order valence-corrected chi connectivity index (χ1v) is 10.4. The first-order valence-electron chi connectivity index (χ1n) is 10.4. The lowest BCUT2D eigenvalue weighted by Gasteiger charge is -2.30. The van der Waals surface area contributed by atoms with Gasteiger partial charge in [0, 0.05) is 19.6 Å². The number of rotatable bonds is 6.